The topological polar surface area (TPSA) is 72.9 Å². The monoisotopic (exact) mass is 297 g/mol. The first kappa shape index (κ1) is 14.5. The molecule has 1 heterocycles. The molecule has 1 amide bonds. The number of rotatable bonds is 4. The first-order valence-electron chi connectivity index (χ1n) is 5.85. The van der Waals surface area contributed by atoms with Crippen molar-refractivity contribution in [2.45, 2.75) is 17.5 Å². The van der Waals surface area contributed by atoms with Crippen molar-refractivity contribution in [3.8, 4) is 0 Å². The molecule has 1 fully saturated rings. The third-order valence-corrected chi connectivity index (χ3v) is 4.95. The highest BCUT2D eigenvalue weighted by Crippen LogP contribution is 2.32. The van der Waals surface area contributed by atoms with Gasteiger partial charge in [0.1, 0.15) is 6.61 Å². The Kier molecular flexibility index (Phi) is 3.58. The van der Waals surface area contributed by atoms with Crippen LogP contribution in [0.3, 0.4) is 0 Å². The molecule has 20 heavy (non-hydrogen) atoms. The van der Waals surface area contributed by atoms with Gasteiger partial charge in [0.25, 0.3) is 10.0 Å². The largest absolute Gasteiger partial charge is 0.443 e. The van der Waals surface area contributed by atoms with Gasteiger partial charge in [-0.3, -0.25) is 0 Å². The SMILES string of the molecule is C=CC1(OC)COC(=O)N1S(=O)(=O)c1ccc(C)cc1. The van der Waals surface area contributed by atoms with Crippen LogP contribution in [-0.2, 0) is 19.5 Å². The summed E-state index contributed by atoms with van der Waals surface area (Å²) in [6, 6.07) is 6.16. The lowest BCUT2D eigenvalue weighted by atomic mass is 10.2. The van der Waals surface area contributed by atoms with E-state index in [9.17, 15) is 13.2 Å². The van der Waals surface area contributed by atoms with E-state index in [0.717, 1.165) is 5.56 Å². The molecule has 1 saturated heterocycles. The van der Waals surface area contributed by atoms with Crippen LogP contribution in [0.5, 0.6) is 0 Å². The third-order valence-electron chi connectivity index (χ3n) is 3.14. The van der Waals surface area contributed by atoms with E-state index in [-0.39, 0.29) is 11.5 Å². The molecule has 6 nitrogen and oxygen atoms in total. The van der Waals surface area contributed by atoms with Gasteiger partial charge in [-0.15, -0.1) is 0 Å². The van der Waals surface area contributed by atoms with Crippen LogP contribution in [0.25, 0.3) is 0 Å². The molecule has 1 atom stereocenters. The van der Waals surface area contributed by atoms with Crippen LogP contribution in [0.1, 0.15) is 5.56 Å². The van der Waals surface area contributed by atoms with Gasteiger partial charge in [-0.1, -0.05) is 24.3 Å². The lowest BCUT2D eigenvalue weighted by Gasteiger charge is -2.29. The summed E-state index contributed by atoms with van der Waals surface area (Å²) in [4.78, 5) is 11.8. The smallest absolute Gasteiger partial charge is 0.426 e. The van der Waals surface area contributed by atoms with Gasteiger partial charge in [0.05, 0.1) is 4.90 Å². The maximum Gasteiger partial charge on any atom is 0.426 e. The summed E-state index contributed by atoms with van der Waals surface area (Å²) in [5.74, 6) is 0. The number of carbonyl (C=O) groups is 1. The number of hydrogen-bond acceptors (Lipinski definition) is 5. The normalized spacial score (nSPS) is 22.7. The summed E-state index contributed by atoms with van der Waals surface area (Å²) in [5, 5.41) is 0. The number of ether oxygens (including phenoxy) is 2. The molecule has 1 aromatic rings. The summed E-state index contributed by atoms with van der Waals surface area (Å²) in [6.45, 7) is 5.14. The molecule has 1 aliphatic rings. The van der Waals surface area contributed by atoms with Gasteiger partial charge in [0.15, 0.2) is 0 Å². The van der Waals surface area contributed by atoms with Crippen molar-refractivity contribution >= 4 is 16.1 Å². The first-order valence-corrected chi connectivity index (χ1v) is 7.29. The number of carbonyl (C=O) groups excluding carboxylic acids is 1. The number of methoxy groups -OCH3 is 1. The number of cyclic esters (lactones) is 1. The number of amides is 1. The Morgan fingerprint density at radius 2 is 2.00 bits per heavy atom. The van der Waals surface area contributed by atoms with Gasteiger partial charge >= 0.3 is 6.09 Å². The Hall–Kier alpha value is -1.86. The second kappa shape index (κ2) is 4.92. The summed E-state index contributed by atoms with van der Waals surface area (Å²) in [7, 11) is -2.78. The maximum atomic E-state index is 12.6. The van der Waals surface area contributed by atoms with Crippen molar-refractivity contribution < 1.29 is 22.7 Å². The van der Waals surface area contributed by atoms with E-state index >= 15 is 0 Å². The summed E-state index contributed by atoms with van der Waals surface area (Å²) >= 11 is 0. The van der Waals surface area contributed by atoms with E-state index < -0.39 is 21.8 Å². The fourth-order valence-corrected chi connectivity index (χ4v) is 3.47. The summed E-state index contributed by atoms with van der Waals surface area (Å²) in [5.41, 5.74) is -0.601. The fraction of sp³-hybridized carbons (Fsp3) is 0.308. The van der Waals surface area contributed by atoms with Crippen molar-refractivity contribution in [2.75, 3.05) is 13.7 Å². The number of benzene rings is 1. The molecular formula is C13H15NO5S. The van der Waals surface area contributed by atoms with Crippen LogP contribution < -0.4 is 0 Å². The molecule has 0 aromatic heterocycles. The van der Waals surface area contributed by atoms with Crippen molar-refractivity contribution in [2.24, 2.45) is 0 Å². The van der Waals surface area contributed by atoms with E-state index in [2.05, 4.69) is 6.58 Å². The van der Waals surface area contributed by atoms with E-state index in [1.54, 1.807) is 12.1 Å². The number of nitrogens with zero attached hydrogens (tertiary/aromatic N) is 1. The highest BCUT2D eigenvalue weighted by Gasteiger charge is 2.53. The second-order valence-corrected chi connectivity index (χ2v) is 6.18. The molecule has 7 heteroatoms. The van der Waals surface area contributed by atoms with Gasteiger partial charge in [-0.25, -0.2) is 13.2 Å². The van der Waals surface area contributed by atoms with Crippen molar-refractivity contribution in [1.29, 1.82) is 0 Å². The predicted octanol–water partition coefficient (Wildman–Crippen LogP) is 1.66. The Bertz CT molecular complexity index is 637. The molecule has 0 saturated carbocycles. The molecule has 0 bridgehead atoms. The highest BCUT2D eigenvalue weighted by atomic mass is 32.2. The molecule has 1 aliphatic heterocycles. The van der Waals surface area contributed by atoms with E-state index in [1.807, 2.05) is 6.92 Å². The Labute approximate surface area is 117 Å². The number of hydrogen-bond donors (Lipinski definition) is 0. The molecule has 0 radical (unpaired) electrons. The van der Waals surface area contributed by atoms with Crippen LogP contribution in [0.15, 0.2) is 41.8 Å². The first-order chi connectivity index (χ1) is 9.37. The Balaban J connectivity index is 2.54. The van der Waals surface area contributed by atoms with Gasteiger partial charge in [-0.05, 0) is 25.1 Å². The van der Waals surface area contributed by atoms with E-state index in [0.29, 0.717) is 4.31 Å². The third kappa shape index (κ3) is 2.08. The standard InChI is InChI=1S/C13H15NO5S/c1-4-13(18-3)9-19-12(15)14(13)20(16,17)11-7-5-10(2)6-8-11/h4-8H,1,9H2,2-3H3. The summed E-state index contributed by atoms with van der Waals surface area (Å²) < 4.78 is 35.7. The quantitative estimate of drug-likeness (QED) is 0.790. The zero-order valence-corrected chi connectivity index (χ0v) is 12.0. The molecule has 1 aromatic carbocycles. The molecule has 0 aliphatic carbocycles. The zero-order valence-electron chi connectivity index (χ0n) is 11.2. The minimum Gasteiger partial charge on any atom is -0.443 e. The van der Waals surface area contributed by atoms with Crippen LogP contribution in [0.2, 0.25) is 0 Å². The minimum absolute atomic E-state index is 0.00905. The van der Waals surface area contributed by atoms with Crippen LogP contribution in [0, 0.1) is 6.92 Å². The van der Waals surface area contributed by atoms with E-state index in [1.165, 1.54) is 25.3 Å². The molecular weight excluding hydrogens is 282 g/mol. The van der Waals surface area contributed by atoms with Crippen LogP contribution >= 0.6 is 0 Å². The lowest BCUT2D eigenvalue weighted by Crippen LogP contribution is -2.50. The maximum absolute atomic E-state index is 12.6. The molecule has 2 rings (SSSR count). The Morgan fingerprint density at radius 3 is 2.50 bits per heavy atom. The second-order valence-electron chi connectivity index (χ2n) is 4.39. The Morgan fingerprint density at radius 1 is 1.40 bits per heavy atom. The van der Waals surface area contributed by atoms with E-state index in [4.69, 9.17) is 9.47 Å². The molecule has 108 valence electrons. The minimum atomic E-state index is -4.07. The van der Waals surface area contributed by atoms with Gasteiger partial charge < -0.3 is 9.47 Å². The predicted molar refractivity (Wildman–Crippen MR) is 71.5 cm³/mol. The zero-order chi connectivity index (χ0) is 15.0. The lowest BCUT2D eigenvalue weighted by molar-refractivity contribution is -0.0247. The highest BCUT2D eigenvalue weighted by molar-refractivity contribution is 7.89. The average Bonchev–Trinajstić information content (AvgIpc) is 2.77. The van der Waals surface area contributed by atoms with Gasteiger partial charge in [0.2, 0.25) is 5.72 Å². The van der Waals surface area contributed by atoms with Crippen molar-refractivity contribution in [1.82, 2.24) is 4.31 Å². The molecule has 0 spiro atoms. The van der Waals surface area contributed by atoms with Gasteiger partial charge in [0, 0.05) is 7.11 Å². The average molecular weight is 297 g/mol. The molecule has 1 unspecified atom stereocenters. The van der Waals surface area contributed by atoms with Gasteiger partial charge in [-0.2, -0.15) is 4.31 Å². The van der Waals surface area contributed by atoms with Crippen LogP contribution in [0.4, 0.5) is 4.79 Å². The summed E-state index contributed by atoms with van der Waals surface area (Å²) in [6.07, 6.45) is 0.260. The molecule has 0 N–H and O–H groups in total. The van der Waals surface area contributed by atoms with Crippen molar-refractivity contribution in [3.63, 3.8) is 0 Å². The van der Waals surface area contributed by atoms with Crippen molar-refractivity contribution in [3.05, 3.63) is 42.5 Å². The number of sulfonamides is 1. The van der Waals surface area contributed by atoms with Crippen LogP contribution in [-0.4, -0.2) is 38.3 Å². The number of aryl methyl sites for hydroxylation is 1. The fourth-order valence-electron chi connectivity index (χ4n) is 1.92.